The molecule has 1 amide bonds. The van der Waals surface area contributed by atoms with Gasteiger partial charge in [0.25, 0.3) is 0 Å². The van der Waals surface area contributed by atoms with Crippen molar-refractivity contribution in [2.45, 2.75) is 39.2 Å². The average molecular weight is 301 g/mol. The molecule has 7 nitrogen and oxygen atoms in total. The smallest absolute Gasteiger partial charge is 0.313 e. The van der Waals surface area contributed by atoms with Crippen LogP contribution in [0.3, 0.4) is 0 Å². The minimum absolute atomic E-state index is 0.0803. The highest BCUT2D eigenvalue weighted by molar-refractivity contribution is 8.00. The number of carboxylic acids is 1. The van der Waals surface area contributed by atoms with Gasteiger partial charge in [-0.25, -0.2) is 0 Å². The number of amides is 1. The van der Waals surface area contributed by atoms with Crippen LogP contribution in [0.2, 0.25) is 0 Å². The van der Waals surface area contributed by atoms with Crippen molar-refractivity contribution < 1.29 is 19.2 Å². The standard InChI is InChI=1S/C12H19N3O4S/c1-7(13-8(16)5-20-6-9(17)18)10-14-11(15-19-10)12(2,3)4/h7H,5-6H2,1-4H3,(H,13,16)(H,17,18). The van der Waals surface area contributed by atoms with Gasteiger partial charge in [-0.1, -0.05) is 25.9 Å². The summed E-state index contributed by atoms with van der Waals surface area (Å²) in [7, 11) is 0. The van der Waals surface area contributed by atoms with E-state index in [1.807, 2.05) is 20.8 Å². The third kappa shape index (κ3) is 5.20. The highest BCUT2D eigenvalue weighted by Gasteiger charge is 2.23. The average Bonchev–Trinajstić information content (AvgIpc) is 2.76. The summed E-state index contributed by atoms with van der Waals surface area (Å²) in [6.07, 6.45) is 0. The van der Waals surface area contributed by atoms with Crippen LogP contribution in [-0.2, 0) is 15.0 Å². The second-order valence-corrected chi connectivity index (χ2v) is 6.37. The van der Waals surface area contributed by atoms with E-state index in [1.165, 1.54) is 0 Å². The summed E-state index contributed by atoms with van der Waals surface area (Å²) in [5.41, 5.74) is -0.219. The zero-order valence-electron chi connectivity index (χ0n) is 12.0. The molecule has 0 aromatic carbocycles. The molecule has 0 aliphatic rings. The fourth-order valence-electron chi connectivity index (χ4n) is 1.29. The molecular weight excluding hydrogens is 282 g/mol. The van der Waals surface area contributed by atoms with Crippen LogP contribution in [0, 0.1) is 0 Å². The van der Waals surface area contributed by atoms with Crippen molar-refractivity contribution in [3.8, 4) is 0 Å². The van der Waals surface area contributed by atoms with Crippen molar-refractivity contribution in [3.05, 3.63) is 11.7 Å². The minimum Gasteiger partial charge on any atom is -0.481 e. The molecule has 0 aliphatic heterocycles. The Balaban J connectivity index is 2.50. The third-order valence-electron chi connectivity index (χ3n) is 2.32. The van der Waals surface area contributed by atoms with Crippen molar-refractivity contribution in [1.29, 1.82) is 0 Å². The third-order valence-corrected chi connectivity index (χ3v) is 3.24. The fraction of sp³-hybridized carbons (Fsp3) is 0.667. The Morgan fingerprint density at radius 1 is 1.40 bits per heavy atom. The normalized spacial score (nSPS) is 13.0. The van der Waals surface area contributed by atoms with Gasteiger partial charge in [0.1, 0.15) is 6.04 Å². The number of thioether (sulfide) groups is 1. The SMILES string of the molecule is CC(NC(=O)CSCC(=O)O)c1nc(C(C)(C)C)no1. The molecule has 1 rings (SSSR count). The highest BCUT2D eigenvalue weighted by Crippen LogP contribution is 2.20. The van der Waals surface area contributed by atoms with Gasteiger partial charge in [0.2, 0.25) is 11.8 Å². The van der Waals surface area contributed by atoms with E-state index in [0.29, 0.717) is 11.7 Å². The van der Waals surface area contributed by atoms with Gasteiger partial charge in [0.15, 0.2) is 5.82 Å². The number of rotatable bonds is 6. The van der Waals surface area contributed by atoms with Gasteiger partial charge in [-0.3, -0.25) is 9.59 Å². The molecule has 1 aromatic heterocycles. The van der Waals surface area contributed by atoms with E-state index in [-0.39, 0.29) is 22.8 Å². The molecule has 112 valence electrons. The van der Waals surface area contributed by atoms with Gasteiger partial charge in [0.05, 0.1) is 11.5 Å². The first-order chi connectivity index (χ1) is 9.20. The highest BCUT2D eigenvalue weighted by atomic mass is 32.2. The van der Waals surface area contributed by atoms with Crippen LogP contribution in [-0.4, -0.2) is 38.6 Å². The fourth-order valence-corrected chi connectivity index (χ4v) is 1.84. The number of carbonyl (C=O) groups excluding carboxylic acids is 1. The van der Waals surface area contributed by atoms with E-state index in [1.54, 1.807) is 6.92 Å². The first-order valence-electron chi connectivity index (χ1n) is 6.13. The Hall–Kier alpha value is -1.57. The number of nitrogens with one attached hydrogen (secondary N) is 1. The van der Waals surface area contributed by atoms with E-state index in [9.17, 15) is 9.59 Å². The van der Waals surface area contributed by atoms with Crippen LogP contribution in [0.1, 0.15) is 45.5 Å². The van der Waals surface area contributed by atoms with Crippen LogP contribution >= 0.6 is 11.8 Å². The zero-order chi connectivity index (χ0) is 15.3. The lowest BCUT2D eigenvalue weighted by atomic mass is 9.96. The monoisotopic (exact) mass is 301 g/mol. The zero-order valence-corrected chi connectivity index (χ0v) is 12.8. The summed E-state index contributed by atoms with van der Waals surface area (Å²) in [5, 5.41) is 15.0. The Morgan fingerprint density at radius 2 is 2.05 bits per heavy atom. The maximum atomic E-state index is 11.6. The molecule has 20 heavy (non-hydrogen) atoms. The molecule has 1 aromatic rings. The molecule has 0 radical (unpaired) electrons. The van der Waals surface area contributed by atoms with Crippen LogP contribution in [0.4, 0.5) is 0 Å². The molecule has 0 saturated heterocycles. The number of nitrogens with zero attached hydrogens (tertiary/aromatic N) is 2. The van der Waals surface area contributed by atoms with E-state index >= 15 is 0 Å². The van der Waals surface area contributed by atoms with Crippen LogP contribution < -0.4 is 5.32 Å². The first-order valence-corrected chi connectivity index (χ1v) is 7.28. The van der Waals surface area contributed by atoms with Gasteiger partial charge < -0.3 is 14.9 Å². The van der Waals surface area contributed by atoms with E-state index in [4.69, 9.17) is 9.63 Å². The lowest BCUT2D eigenvalue weighted by Crippen LogP contribution is -2.28. The summed E-state index contributed by atoms with van der Waals surface area (Å²) in [5.74, 6) is -0.310. The minimum atomic E-state index is -0.942. The lowest BCUT2D eigenvalue weighted by Gasteiger charge is -2.11. The van der Waals surface area contributed by atoms with Gasteiger partial charge in [-0.2, -0.15) is 4.98 Å². The van der Waals surface area contributed by atoms with Crippen molar-refractivity contribution in [1.82, 2.24) is 15.5 Å². The second kappa shape index (κ2) is 6.74. The van der Waals surface area contributed by atoms with E-state index in [2.05, 4.69) is 15.5 Å². The number of aliphatic carboxylic acids is 1. The van der Waals surface area contributed by atoms with Crippen molar-refractivity contribution in [2.24, 2.45) is 0 Å². The number of hydrogen-bond acceptors (Lipinski definition) is 6. The molecule has 1 heterocycles. The first kappa shape index (κ1) is 16.5. The van der Waals surface area contributed by atoms with E-state index in [0.717, 1.165) is 11.8 Å². The molecule has 0 bridgehead atoms. The molecule has 1 unspecified atom stereocenters. The number of aromatic nitrogens is 2. The predicted octanol–water partition coefficient (Wildman–Crippen LogP) is 1.36. The summed E-state index contributed by atoms with van der Waals surface area (Å²) < 4.78 is 5.12. The molecule has 0 saturated carbocycles. The second-order valence-electron chi connectivity index (χ2n) is 5.38. The molecule has 8 heteroatoms. The van der Waals surface area contributed by atoms with Crippen LogP contribution in [0.25, 0.3) is 0 Å². The van der Waals surface area contributed by atoms with Crippen LogP contribution in [0.5, 0.6) is 0 Å². The molecule has 2 N–H and O–H groups in total. The molecule has 0 spiro atoms. The molecule has 0 aliphatic carbocycles. The Bertz CT molecular complexity index is 481. The van der Waals surface area contributed by atoms with Gasteiger partial charge >= 0.3 is 5.97 Å². The summed E-state index contributed by atoms with van der Waals surface area (Å²) >= 11 is 1.04. The van der Waals surface area contributed by atoms with Gasteiger partial charge in [-0.15, -0.1) is 11.8 Å². The van der Waals surface area contributed by atoms with Crippen molar-refractivity contribution >= 4 is 23.6 Å². The Labute approximate surface area is 121 Å². The predicted molar refractivity (Wildman–Crippen MR) is 74.5 cm³/mol. The topological polar surface area (TPSA) is 105 Å². The van der Waals surface area contributed by atoms with Crippen LogP contribution in [0.15, 0.2) is 4.52 Å². The lowest BCUT2D eigenvalue weighted by molar-refractivity contribution is -0.133. The summed E-state index contributed by atoms with van der Waals surface area (Å²) in [6.45, 7) is 7.63. The molecule has 1 atom stereocenters. The quantitative estimate of drug-likeness (QED) is 0.817. The Morgan fingerprint density at radius 3 is 2.55 bits per heavy atom. The molecular formula is C12H19N3O4S. The summed E-state index contributed by atoms with van der Waals surface area (Å²) in [4.78, 5) is 26.2. The maximum absolute atomic E-state index is 11.6. The van der Waals surface area contributed by atoms with Crippen molar-refractivity contribution in [2.75, 3.05) is 11.5 Å². The summed E-state index contributed by atoms with van der Waals surface area (Å²) in [6, 6.07) is -0.406. The maximum Gasteiger partial charge on any atom is 0.313 e. The Kier molecular flexibility index (Phi) is 5.55. The largest absolute Gasteiger partial charge is 0.481 e. The van der Waals surface area contributed by atoms with Crippen molar-refractivity contribution in [3.63, 3.8) is 0 Å². The van der Waals surface area contributed by atoms with E-state index < -0.39 is 12.0 Å². The number of hydrogen-bond donors (Lipinski definition) is 2. The van der Waals surface area contributed by atoms with Gasteiger partial charge in [0, 0.05) is 5.41 Å². The van der Waals surface area contributed by atoms with Gasteiger partial charge in [-0.05, 0) is 6.92 Å². The number of carbonyl (C=O) groups is 2. The molecule has 0 fully saturated rings. The number of carboxylic acid groups (broad SMARTS) is 1.